The zero-order valence-electron chi connectivity index (χ0n) is 19.9. The number of carbonyl (C=O) groups is 2. The zero-order valence-corrected chi connectivity index (χ0v) is 20.7. The molecule has 1 aliphatic heterocycles. The molecule has 0 saturated carbocycles. The molecule has 1 heterocycles. The highest BCUT2D eigenvalue weighted by Crippen LogP contribution is 2.50. The summed E-state index contributed by atoms with van der Waals surface area (Å²) in [7, 11) is -2.38. The maximum atomic E-state index is 13.1. The predicted octanol–water partition coefficient (Wildman–Crippen LogP) is 3.46. The molecule has 38 heavy (non-hydrogen) atoms. The number of halogens is 6. The molecule has 0 spiro atoms. The van der Waals surface area contributed by atoms with Gasteiger partial charge in [-0.3, -0.25) is 9.59 Å². The smallest absolute Gasteiger partial charge is 0.384 e. The van der Waals surface area contributed by atoms with Gasteiger partial charge < -0.3 is 20.1 Å². The van der Waals surface area contributed by atoms with Crippen LogP contribution in [0.4, 0.5) is 32.0 Å². The van der Waals surface area contributed by atoms with Gasteiger partial charge in [0.2, 0.25) is 5.91 Å². The van der Waals surface area contributed by atoms with Crippen molar-refractivity contribution in [2.75, 3.05) is 24.8 Å². The molecule has 2 aromatic carbocycles. The molecule has 1 aliphatic rings. The van der Waals surface area contributed by atoms with Gasteiger partial charge in [0.15, 0.2) is 9.84 Å². The van der Waals surface area contributed by atoms with E-state index in [2.05, 4.69) is 5.32 Å². The topological polar surface area (TPSA) is 113 Å². The van der Waals surface area contributed by atoms with Crippen LogP contribution in [0.1, 0.15) is 29.7 Å². The average molecular weight is 568 g/mol. The van der Waals surface area contributed by atoms with Crippen LogP contribution in [-0.4, -0.2) is 62.1 Å². The van der Waals surface area contributed by atoms with Crippen molar-refractivity contribution in [1.29, 1.82) is 0 Å². The Balaban J connectivity index is 1.90. The van der Waals surface area contributed by atoms with E-state index < -0.39 is 51.2 Å². The van der Waals surface area contributed by atoms with Gasteiger partial charge in [0.05, 0.1) is 17.3 Å². The van der Waals surface area contributed by atoms with Gasteiger partial charge >= 0.3 is 12.4 Å². The molecule has 3 rings (SSSR count). The Labute approximate surface area is 213 Å². The molecule has 2 amide bonds. The lowest BCUT2D eigenvalue weighted by Gasteiger charge is -2.32. The lowest BCUT2D eigenvalue weighted by Crippen LogP contribution is -2.53. The fourth-order valence-electron chi connectivity index (χ4n) is 4.00. The maximum Gasteiger partial charge on any atom is 0.430 e. The van der Waals surface area contributed by atoms with Crippen LogP contribution < -0.4 is 5.32 Å². The first-order valence-electron chi connectivity index (χ1n) is 10.8. The number of anilines is 1. The first kappa shape index (κ1) is 29.4. The molecule has 8 nitrogen and oxygen atoms in total. The number of alkyl halides is 6. The Hall–Kier alpha value is -3.17. The second-order valence-corrected chi connectivity index (χ2v) is 10.6. The molecule has 0 aliphatic carbocycles. The van der Waals surface area contributed by atoms with E-state index in [4.69, 9.17) is 4.74 Å². The van der Waals surface area contributed by atoms with E-state index in [1.165, 1.54) is 32.2 Å². The van der Waals surface area contributed by atoms with E-state index in [9.17, 15) is 49.5 Å². The number of nitrogens with zero attached hydrogens (tertiary/aromatic N) is 1. The van der Waals surface area contributed by atoms with Crippen molar-refractivity contribution in [3.05, 3.63) is 59.2 Å². The molecule has 15 heteroatoms. The van der Waals surface area contributed by atoms with Crippen LogP contribution in [0.3, 0.4) is 0 Å². The van der Waals surface area contributed by atoms with E-state index in [0.717, 1.165) is 17.0 Å². The Bertz CT molecular complexity index is 1310. The molecule has 0 saturated heterocycles. The lowest BCUT2D eigenvalue weighted by atomic mass is 9.92. The van der Waals surface area contributed by atoms with Gasteiger partial charge in [0.25, 0.3) is 11.5 Å². The molecule has 208 valence electrons. The van der Waals surface area contributed by atoms with E-state index in [1.807, 2.05) is 0 Å². The summed E-state index contributed by atoms with van der Waals surface area (Å²) in [4.78, 5) is 26.4. The summed E-state index contributed by atoms with van der Waals surface area (Å²) in [5, 5.41) is 11.8. The zero-order chi connectivity index (χ0) is 28.7. The second kappa shape index (κ2) is 10.2. The van der Waals surface area contributed by atoms with Gasteiger partial charge in [-0.05, 0) is 35.4 Å². The van der Waals surface area contributed by atoms with Crippen molar-refractivity contribution in [3.63, 3.8) is 0 Å². The summed E-state index contributed by atoms with van der Waals surface area (Å²) >= 11 is 0. The molecular weight excluding hydrogens is 546 g/mol. The predicted molar refractivity (Wildman–Crippen MR) is 120 cm³/mol. The number of nitrogens with one attached hydrogen (secondary N) is 1. The minimum Gasteiger partial charge on any atom is -0.384 e. The largest absolute Gasteiger partial charge is 0.430 e. The highest BCUT2D eigenvalue weighted by Gasteiger charge is 2.71. The number of hydrogen-bond donors (Lipinski definition) is 2. The number of rotatable bonds is 7. The fraction of sp³-hybridized carbons (Fsp3) is 0.391. The van der Waals surface area contributed by atoms with Crippen LogP contribution in [0.5, 0.6) is 0 Å². The van der Waals surface area contributed by atoms with E-state index >= 15 is 0 Å². The van der Waals surface area contributed by atoms with Crippen LogP contribution in [0.2, 0.25) is 0 Å². The van der Waals surface area contributed by atoms with E-state index in [-0.39, 0.29) is 29.5 Å². The second-order valence-electron chi connectivity index (χ2n) is 8.49. The summed E-state index contributed by atoms with van der Waals surface area (Å²) < 4.78 is 108. The average Bonchev–Trinajstić information content (AvgIpc) is 3.21. The molecule has 2 N–H and O–H groups in total. The first-order valence-corrected chi connectivity index (χ1v) is 12.5. The molecular formula is C23H22F6N2O6S. The van der Waals surface area contributed by atoms with E-state index in [1.54, 1.807) is 0 Å². The van der Waals surface area contributed by atoms with Gasteiger partial charge in [-0.2, -0.15) is 26.3 Å². The summed E-state index contributed by atoms with van der Waals surface area (Å²) in [6.07, 6.45) is -12.1. The molecule has 0 bridgehead atoms. The number of hydrogen-bond acceptors (Lipinski definition) is 6. The Morgan fingerprint density at radius 3 is 2.13 bits per heavy atom. The third kappa shape index (κ3) is 5.35. The van der Waals surface area contributed by atoms with Crippen molar-refractivity contribution < 1.29 is 54.2 Å². The molecule has 0 aromatic heterocycles. The maximum absolute atomic E-state index is 13.1. The number of methoxy groups -OCH3 is 1. The quantitative estimate of drug-likeness (QED) is 0.495. The Morgan fingerprint density at radius 1 is 1.05 bits per heavy atom. The first-order chi connectivity index (χ1) is 17.4. The van der Waals surface area contributed by atoms with Gasteiger partial charge in [0, 0.05) is 31.8 Å². The van der Waals surface area contributed by atoms with Gasteiger partial charge in [-0.1, -0.05) is 18.2 Å². The van der Waals surface area contributed by atoms with Crippen LogP contribution in [0.15, 0.2) is 47.4 Å². The molecule has 0 fully saturated rings. The molecule has 2 aromatic rings. The number of ether oxygens (including phenoxy) is 1. The lowest BCUT2D eigenvalue weighted by molar-refractivity contribution is -0.376. The third-order valence-electron chi connectivity index (χ3n) is 6.02. The van der Waals surface area contributed by atoms with Crippen LogP contribution in [0.25, 0.3) is 0 Å². The van der Waals surface area contributed by atoms with Crippen LogP contribution in [0, 0.1) is 0 Å². The monoisotopic (exact) mass is 568 g/mol. The van der Waals surface area contributed by atoms with Crippen molar-refractivity contribution in [1.82, 2.24) is 4.90 Å². The number of benzene rings is 2. The van der Waals surface area contributed by atoms with Crippen LogP contribution in [-0.2, 0) is 36.3 Å². The minimum atomic E-state index is -6.07. The van der Waals surface area contributed by atoms with Crippen molar-refractivity contribution in [2.45, 2.75) is 42.4 Å². The standard InChI is InChI=1S/C23H22F6N2O6S/c1-13(32)31-12-14-11-17(38(35,36)10-9-37-2)7-8-18(14)19(31)20(33)30-16-5-3-15(4-6-16)21(34,22(24,25)26)23(27,28)29/h3-8,11,19,34H,9-10,12H2,1-2H3,(H,30,33). The fourth-order valence-corrected chi connectivity index (χ4v) is 5.22. The number of aliphatic hydroxyl groups is 1. The highest BCUT2D eigenvalue weighted by molar-refractivity contribution is 7.91. The Kier molecular flexibility index (Phi) is 7.88. The van der Waals surface area contributed by atoms with Gasteiger partial charge in [-0.15, -0.1) is 0 Å². The van der Waals surface area contributed by atoms with Crippen molar-refractivity contribution in [3.8, 4) is 0 Å². The number of amides is 2. The number of fused-ring (bicyclic) bond motifs is 1. The molecule has 1 atom stereocenters. The molecule has 1 unspecified atom stereocenters. The highest BCUT2D eigenvalue weighted by atomic mass is 32.2. The normalized spacial score (nSPS) is 16.3. The van der Waals surface area contributed by atoms with E-state index in [0.29, 0.717) is 23.3 Å². The number of carbonyl (C=O) groups excluding carboxylic acids is 2. The SMILES string of the molecule is COCCS(=O)(=O)c1ccc2c(c1)CN(C(C)=O)C2C(=O)Nc1ccc(C(O)(C(F)(F)F)C(F)(F)F)cc1. The summed E-state index contributed by atoms with van der Waals surface area (Å²) in [6.45, 7) is 1.01. The minimum absolute atomic E-state index is 0.0461. The van der Waals surface area contributed by atoms with Gasteiger partial charge in [-0.25, -0.2) is 8.42 Å². The van der Waals surface area contributed by atoms with Crippen molar-refractivity contribution in [2.24, 2.45) is 0 Å². The summed E-state index contributed by atoms with van der Waals surface area (Å²) in [5.41, 5.74) is -6.17. The summed E-state index contributed by atoms with van der Waals surface area (Å²) in [5.74, 6) is -1.68. The molecule has 0 radical (unpaired) electrons. The van der Waals surface area contributed by atoms with Gasteiger partial charge in [0.1, 0.15) is 6.04 Å². The third-order valence-corrected chi connectivity index (χ3v) is 7.70. The summed E-state index contributed by atoms with van der Waals surface area (Å²) in [6, 6.07) is 4.94. The number of sulfone groups is 1. The van der Waals surface area contributed by atoms with Crippen molar-refractivity contribution >= 4 is 27.3 Å². The van der Waals surface area contributed by atoms with Crippen LogP contribution >= 0.6 is 0 Å². The Morgan fingerprint density at radius 2 is 1.63 bits per heavy atom.